The van der Waals surface area contributed by atoms with E-state index in [0.717, 1.165) is 18.4 Å². The van der Waals surface area contributed by atoms with Gasteiger partial charge in [-0.2, -0.15) is 0 Å². The van der Waals surface area contributed by atoms with Crippen LogP contribution in [0.25, 0.3) is 0 Å². The van der Waals surface area contributed by atoms with Crippen LogP contribution < -0.4 is 0 Å². The number of halogens is 1. The summed E-state index contributed by atoms with van der Waals surface area (Å²) in [4.78, 5) is 16.6. The van der Waals surface area contributed by atoms with E-state index in [4.69, 9.17) is 0 Å². The Kier molecular flexibility index (Phi) is 2.33. The van der Waals surface area contributed by atoms with E-state index in [-0.39, 0.29) is 11.7 Å². The summed E-state index contributed by atoms with van der Waals surface area (Å²) in [6.45, 7) is 1.80. The van der Waals surface area contributed by atoms with Crippen LogP contribution in [-0.4, -0.2) is 15.5 Å². The van der Waals surface area contributed by atoms with Crippen LogP contribution in [-0.2, 0) is 5.41 Å². The van der Waals surface area contributed by atoms with Gasteiger partial charge in [0.25, 0.3) is 0 Å². The number of nitrogens with zero attached hydrogens (tertiary/aromatic N) is 2. The van der Waals surface area contributed by atoms with E-state index in [1.807, 2.05) is 0 Å². The van der Waals surface area contributed by atoms with Gasteiger partial charge in [-0.05, 0) is 37.5 Å². The van der Waals surface area contributed by atoms with Gasteiger partial charge in [0.05, 0.1) is 5.41 Å². The molecule has 0 N–H and O–H groups in total. The fraction of sp³-hybridized carbons (Fsp3) is 0.286. The summed E-state index contributed by atoms with van der Waals surface area (Å²) in [5.41, 5.74) is 0.418. The molecule has 4 heteroatoms. The summed E-state index contributed by atoms with van der Waals surface area (Å²) in [6, 6.07) is 6.21. The highest BCUT2D eigenvalue weighted by Gasteiger charge is 2.52. The monoisotopic (exact) mass is 244 g/mol. The number of aryl methyl sites for hydroxylation is 1. The molecule has 1 fully saturated rings. The van der Waals surface area contributed by atoms with E-state index in [9.17, 15) is 9.18 Å². The lowest BCUT2D eigenvalue weighted by molar-refractivity contribution is 0.0860. The number of benzene rings is 1. The van der Waals surface area contributed by atoms with E-state index in [2.05, 4.69) is 4.98 Å². The molecule has 1 aromatic carbocycles. The normalized spacial score (nSPS) is 16.6. The lowest BCUT2D eigenvalue weighted by Gasteiger charge is -2.15. The predicted molar refractivity (Wildman–Crippen MR) is 64.9 cm³/mol. The lowest BCUT2D eigenvalue weighted by atomic mass is 9.95. The van der Waals surface area contributed by atoms with Crippen LogP contribution in [0.2, 0.25) is 0 Å². The maximum atomic E-state index is 12.9. The molecule has 1 aliphatic rings. The molecule has 18 heavy (non-hydrogen) atoms. The average Bonchev–Trinajstić information content (AvgIpc) is 3.07. The minimum absolute atomic E-state index is 0.0316. The van der Waals surface area contributed by atoms with E-state index < -0.39 is 5.41 Å². The summed E-state index contributed by atoms with van der Waals surface area (Å²) >= 11 is 0. The topological polar surface area (TPSA) is 34.9 Å². The van der Waals surface area contributed by atoms with Crippen molar-refractivity contribution < 1.29 is 9.18 Å². The van der Waals surface area contributed by atoms with E-state index in [0.29, 0.717) is 5.82 Å². The summed E-state index contributed by atoms with van der Waals surface area (Å²) in [5.74, 6) is 0.443. The van der Waals surface area contributed by atoms with Gasteiger partial charge in [0.1, 0.15) is 11.6 Å². The van der Waals surface area contributed by atoms with Gasteiger partial charge >= 0.3 is 0 Å². The van der Waals surface area contributed by atoms with Crippen LogP contribution in [0.15, 0.2) is 36.7 Å². The molecule has 2 aromatic rings. The highest BCUT2D eigenvalue weighted by Crippen LogP contribution is 2.49. The Labute approximate surface area is 104 Å². The Morgan fingerprint density at radius 3 is 2.50 bits per heavy atom. The van der Waals surface area contributed by atoms with Crippen molar-refractivity contribution in [3.63, 3.8) is 0 Å². The lowest BCUT2D eigenvalue weighted by Crippen LogP contribution is -2.27. The van der Waals surface area contributed by atoms with Gasteiger partial charge in [-0.1, -0.05) is 12.1 Å². The van der Waals surface area contributed by atoms with E-state index in [1.54, 1.807) is 36.0 Å². The van der Waals surface area contributed by atoms with Crippen molar-refractivity contribution in [2.24, 2.45) is 0 Å². The minimum Gasteiger partial charge on any atom is -0.273 e. The zero-order chi connectivity index (χ0) is 12.8. The van der Waals surface area contributed by atoms with Crippen LogP contribution in [0.4, 0.5) is 4.39 Å². The smallest absolute Gasteiger partial charge is 0.242 e. The molecule has 3 nitrogen and oxygen atoms in total. The molecule has 0 amide bonds. The fourth-order valence-corrected chi connectivity index (χ4v) is 2.34. The van der Waals surface area contributed by atoms with Crippen LogP contribution in [0.1, 0.15) is 29.0 Å². The van der Waals surface area contributed by atoms with Crippen molar-refractivity contribution in [2.45, 2.75) is 25.2 Å². The quantitative estimate of drug-likeness (QED) is 0.814. The third kappa shape index (κ3) is 1.56. The Morgan fingerprint density at radius 1 is 1.33 bits per heavy atom. The number of imidazole rings is 1. The van der Waals surface area contributed by atoms with Crippen molar-refractivity contribution >= 4 is 5.91 Å². The van der Waals surface area contributed by atoms with Crippen molar-refractivity contribution in [1.82, 2.24) is 9.55 Å². The maximum Gasteiger partial charge on any atom is 0.242 e. The number of aromatic nitrogens is 2. The largest absolute Gasteiger partial charge is 0.273 e. The number of carbonyl (C=O) groups is 1. The standard InChI is InChI=1S/C14H13FN2O/c1-10-16-8-9-17(10)13(18)14(6-7-14)11-2-4-12(15)5-3-11/h2-5,8-9H,6-7H2,1H3. The molecule has 1 heterocycles. The van der Waals surface area contributed by atoms with Crippen LogP contribution >= 0.6 is 0 Å². The van der Waals surface area contributed by atoms with Crippen LogP contribution in [0.5, 0.6) is 0 Å². The summed E-state index contributed by atoms with van der Waals surface area (Å²) in [6.07, 6.45) is 4.93. The summed E-state index contributed by atoms with van der Waals surface area (Å²) in [7, 11) is 0. The van der Waals surface area contributed by atoms with Gasteiger partial charge in [-0.3, -0.25) is 9.36 Å². The molecule has 0 radical (unpaired) electrons. The second kappa shape index (κ2) is 3.77. The second-order valence-corrected chi connectivity index (χ2v) is 4.74. The highest BCUT2D eigenvalue weighted by molar-refractivity contribution is 5.93. The van der Waals surface area contributed by atoms with Gasteiger partial charge in [-0.25, -0.2) is 9.37 Å². The fourth-order valence-electron chi connectivity index (χ4n) is 2.34. The first kappa shape index (κ1) is 11.1. The van der Waals surface area contributed by atoms with Crippen molar-refractivity contribution in [3.05, 3.63) is 53.9 Å². The van der Waals surface area contributed by atoms with Crippen LogP contribution in [0.3, 0.4) is 0 Å². The minimum atomic E-state index is -0.473. The van der Waals surface area contributed by atoms with E-state index in [1.165, 1.54) is 12.1 Å². The molecular formula is C14H13FN2O. The number of hydrogen-bond acceptors (Lipinski definition) is 2. The average molecular weight is 244 g/mol. The maximum absolute atomic E-state index is 12.9. The third-order valence-electron chi connectivity index (χ3n) is 3.60. The molecule has 0 spiro atoms. The molecule has 0 bridgehead atoms. The SMILES string of the molecule is Cc1nccn1C(=O)C1(c2ccc(F)cc2)CC1. The first-order valence-corrected chi connectivity index (χ1v) is 5.94. The molecule has 0 atom stereocenters. The highest BCUT2D eigenvalue weighted by atomic mass is 19.1. The Bertz CT molecular complexity index is 597. The Morgan fingerprint density at radius 2 is 2.00 bits per heavy atom. The molecule has 1 aliphatic carbocycles. The van der Waals surface area contributed by atoms with Crippen LogP contribution in [0, 0.1) is 12.7 Å². The Balaban J connectivity index is 1.99. The van der Waals surface area contributed by atoms with E-state index >= 15 is 0 Å². The number of carbonyl (C=O) groups excluding carboxylic acids is 1. The van der Waals surface area contributed by atoms with Gasteiger partial charge in [0.15, 0.2) is 0 Å². The molecule has 3 rings (SSSR count). The van der Waals surface area contributed by atoms with Crippen molar-refractivity contribution in [3.8, 4) is 0 Å². The van der Waals surface area contributed by atoms with Crippen molar-refractivity contribution in [1.29, 1.82) is 0 Å². The third-order valence-corrected chi connectivity index (χ3v) is 3.60. The summed E-state index contributed by atoms with van der Waals surface area (Å²) in [5, 5.41) is 0. The molecule has 1 saturated carbocycles. The van der Waals surface area contributed by atoms with Gasteiger partial charge in [-0.15, -0.1) is 0 Å². The zero-order valence-corrected chi connectivity index (χ0v) is 10.1. The molecule has 0 saturated heterocycles. The second-order valence-electron chi connectivity index (χ2n) is 4.74. The van der Waals surface area contributed by atoms with Gasteiger partial charge in [0.2, 0.25) is 5.91 Å². The molecule has 0 aliphatic heterocycles. The molecular weight excluding hydrogens is 231 g/mol. The zero-order valence-electron chi connectivity index (χ0n) is 10.1. The molecule has 1 aromatic heterocycles. The predicted octanol–water partition coefficient (Wildman–Crippen LogP) is 2.70. The van der Waals surface area contributed by atoms with Crippen molar-refractivity contribution in [2.75, 3.05) is 0 Å². The number of rotatable bonds is 2. The summed E-state index contributed by atoms with van der Waals surface area (Å²) < 4.78 is 14.5. The van der Waals surface area contributed by atoms with Gasteiger partial charge in [0, 0.05) is 12.4 Å². The first-order chi connectivity index (χ1) is 8.63. The molecule has 92 valence electrons. The Hall–Kier alpha value is -1.97. The van der Waals surface area contributed by atoms with Gasteiger partial charge < -0.3 is 0 Å². The number of hydrogen-bond donors (Lipinski definition) is 0. The molecule has 0 unspecified atom stereocenters. The first-order valence-electron chi connectivity index (χ1n) is 5.94.